The summed E-state index contributed by atoms with van der Waals surface area (Å²) in [4.78, 5) is 0. The van der Waals surface area contributed by atoms with E-state index in [9.17, 15) is 4.39 Å². The molecule has 0 aliphatic carbocycles. The number of hydrogen-bond acceptors (Lipinski definition) is 2. The number of anilines is 1. The van der Waals surface area contributed by atoms with Crippen molar-refractivity contribution in [3.63, 3.8) is 0 Å². The van der Waals surface area contributed by atoms with Crippen molar-refractivity contribution in [3.8, 4) is 11.5 Å². The molecule has 5 heteroatoms. The molecule has 2 rings (SSSR count). The predicted molar refractivity (Wildman–Crippen MR) is 67.3 cm³/mol. The van der Waals surface area contributed by atoms with Gasteiger partial charge in [0, 0.05) is 5.69 Å². The van der Waals surface area contributed by atoms with Crippen LogP contribution in [0.5, 0.6) is 11.5 Å². The van der Waals surface area contributed by atoms with Crippen LogP contribution in [0.2, 0.25) is 10.0 Å². The quantitative estimate of drug-likeness (QED) is 0.816. The van der Waals surface area contributed by atoms with Crippen molar-refractivity contribution >= 4 is 28.9 Å². The van der Waals surface area contributed by atoms with E-state index in [1.807, 2.05) is 0 Å². The number of benzene rings is 2. The number of rotatable bonds is 2. The third kappa shape index (κ3) is 2.81. The molecule has 0 saturated carbocycles. The zero-order valence-corrected chi connectivity index (χ0v) is 10.1. The maximum Gasteiger partial charge on any atom is 0.164 e. The summed E-state index contributed by atoms with van der Waals surface area (Å²) in [6, 6.07) is 8.61. The maximum absolute atomic E-state index is 12.7. The number of nitrogen functional groups attached to an aromatic ring is 1. The van der Waals surface area contributed by atoms with Crippen LogP contribution in [-0.2, 0) is 0 Å². The molecule has 0 unspecified atom stereocenters. The molecule has 0 amide bonds. The lowest BCUT2D eigenvalue weighted by Gasteiger charge is -2.10. The van der Waals surface area contributed by atoms with Crippen LogP contribution < -0.4 is 10.5 Å². The maximum atomic E-state index is 12.7. The SMILES string of the molecule is Nc1cc(Cl)c(Oc2ccc(F)cc2)c(Cl)c1. The van der Waals surface area contributed by atoms with Crippen LogP contribution in [0.1, 0.15) is 0 Å². The lowest BCUT2D eigenvalue weighted by atomic mass is 10.3. The van der Waals surface area contributed by atoms with Gasteiger partial charge in [-0.05, 0) is 36.4 Å². The predicted octanol–water partition coefficient (Wildman–Crippen LogP) is 4.51. The smallest absolute Gasteiger partial charge is 0.164 e. The van der Waals surface area contributed by atoms with E-state index in [0.29, 0.717) is 27.2 Å². The Morgan fingerprint density at radius 2 is 1.53 bits per heavy atom. The fourth-order valence-electron chi connectivity index (χ4n) is 1.30. The van der Waals surface area contributed by atoms with E-state index in [1.54, 1.807) is 0 Å². The van der Waals surface area contributed by atoms with Crippen molar-refractivity contribution in [2.75, 3.05) is 5.73 Å². The second kappa shape index (κ2) is 4.82. The fourth-order valence-corrected chi connectivity index (χ4v) is 1.88. The minimum Gasteiger partial charge on any atom is -0.454 e. The molecule has 0 radical (unpaired) electrons. The topological polar surface area (TPSA) is 35.2 Å². The molecule has 88 valence electrons. The molecular weight excluding hydrogens is 264 g/mol. The minimum atomic E-state index is -0.341. The van der Waals surface area contributed by atoms with E-state index in [-0.39, 0.29) is 5.82 Å². The first-order chi connectivity index (χ1) is 8.06. The van der Waals surface area contributed by atoms with Gasteiger partial charge in [0.15, 0.2) is 5.75 Å². The first-order valence-corrected chi connectivity index (χ1v) is 5.50. The number of ether oxygens (including phenoxy) is 1. The molecule has 0 atom stereocenters. The van der Waals surface area contributed by atoms with Crippen LogP contribution in [0.3, 0.4) is 0 Å². The Labute approximate surface area is 108 Å². The van der Waals surface area contributed by atoms with Crippen LogP contribution in [0.25, 0.3) is 0 Å². The summed E-state index contributed by atoms with van der Waals surface area (Å²) in [6.45, 7) is 0. The third-order valence-corrected chi connectivity index (χ3v) is 2.62. The van der Waals surface area contributed by atoms with Crippen LogP contribution >= 0.6 is 23.2 Å². The first kappa shape index (κ1) is 12.0. The number of halogens is 3. The molecule has 0 aliphatic rings. The minimum absolute atomic E-state index is 0.300. The molecule has 0 fully saturated rings. The van der Waals surface area contributed by atoms with Gasteiger partial charge in [-0.1, -0.05) is 23.2 Å². The molecule has 0 aliphatic heterocycles. The Morgan fingerprint density at radius 1 is 1.00 bits per heavy atom. The molecule has 2 aromatic carbocycles. The Kier molecular flexibility index (Phi) is 3.41. The van der Waals surface area contributed by atoms with Crippen molar-refractivity contribution in [2.45, 2.75) is 0 Å². The van der Waals surface area contributed by atoms with Gasteiger partial charge >= 0.3 is 0 Å². The average Bonchev–Trinajstić information content (AvgIpc) is 2.26. The van der Waals surface area contributed by atoms with Crippen LogP contribution in [0.4, 0.5) is 10.1 Å². The van der Waals surface area contributed by atoms with Crippen LogP contribution in [0.15, 0.2) is 36.4 Å². The zero-order valence-electron chi connectivity index (χ0n) is 8.58. The number of nitrogens with two attached hydrogens (primary N) is 1. The fraction of sp³-hybridized carbons (Fsp3) is 0. The van der Waals surface area contributed by atoms with Crippen molar-refractivity contribution in [1.82, 2.24) is 0 Å². The van der Waals surface area contributed by atoms with E-state index in [1.165, 1.54) is 36.4 Å². The van der Waals surface area contributed by atoms with E-state index in [2.05, 4.69) is 0 Å². The molecule has 2 N–H and O–H groups in total. The molecule has 0 spiro atoms. The summed E-state index contributed by atoms with van der Waals surface area (Å²) < 4.78 is 18.2. The van der Waals surface area contributed by atoms with Gasteiger partial charge in [-0.25, -0.2) is 4.39 Å². The Hall–Kier alpha value is -1.45. The highest BCUT2D eigenvalue weighted by Gasteiger charge is 2.09. The van der Waals surface area contributed by atoms with Gasteiger partial charge in [0.25, 0.3) is 0 Å². The molecular formula is C12H8Cl2FNO. The van der Waals surface area contributed by atoms with Gasteiger partial charge in [-0.3, -0.25) is 0 Å². The normalized spacial score (nSPS) is 10.3. The van der Waals surface area contributed by atoms with Crippen molar-refractivity contribution in [3.05, 3.63) is 52.3 Å². The van der Waals surface area contributed by atoms with E-state index in [0.717, 1.165) is 0 Å². The zero-order chi connectivity index (χ0) is 12.4. The number of hydrogen-bond donors (Lipinski definition) is 1. The molecule has 0 aromatic heterocycles. The summed E-state index contributed by atoms with van der Waals surface area (Å²) in [7, 11) is 0. The van der Waals surface area contributed by atoms with Crippen LogP contribution in [-0.4, -0.2) is 0 Å². The summed E-state index contributed by atoms with van der Waals surface area (Å²) in [6.07, 6.45) is 0. The van der Waals surface area contributed by atoms with Gasteiger partial charge in [-0.15, -0.1) is 0 Å². The monoisotopic (exact) mass is 271 g/mol. The largest absolute Gasteiger partial charge is 0.454 e. The summed E-state index contributed by atoms with van der Waals surface area (Å²) in [5, 5.41) is 0.610. The highest BCUT2D eigenvalue weighted by molar-refractivity contribution is 6.37. The molecule has 17 heavy (non-hydrogen) atoms. The Morgan fingerprint density at radius 3 is 2.06 bits per heavy atom. The van der Waals surface area contributed by atoms with E-state index >= 15 is 0 Å². The molecule has 2 aromatic rings. The Balaban J connectivity index is 2.33. The summed E-state index contributed by atoms with van der Waals surface area (Å²) >= 11 is 11.9. The highest BCUT2D eigenvalue weighted by Crippen LogP contribution is 2.37. The van der Waals surface area contributed by atoms with Gasteiger partial charge in [-0.2, -0.15) is 0 Å². The second-order valence-corrected chi connectivity index (χ2v) is 4.18. The molecule has 0 bridgehead atoms. The van der Waals surface area contributed by atoms with Gasteiger partial charge in [0.1, 0.15) is 11.6 Å². The van der Waals surface area contributed by atoms with Gasteiger partial charge < -0.3 is 10.5 Å². The lowest BCUT2D eigenvalue weighted by Crippen LogP contribution is -1.90. The van der Waals surface area contributed by atoms with Crippen molar-refractivity contribution < 1.29 is 9.13 Å². The van der Waals surface area contributed by atoms with Gasteiger partial charge in [0.05, 0.1) is 10.0 Å². The summed E-state index contributed by atoms with van der Waals surface area (Å²) in [5.41, 5.74) is 6.02. The molecule has 0 saturated heterocycles. The molecule has 2 nitrogen and oxygen atoms in total. The van der Waals surface area contributed by atoms with Crippen molar-refractivity contribution in [1.29, 1.82) is 0 Å². The summed E-state index contributed by atoms with van der Waals surface area (Å²) in [5.74, 6) is 0.404. The van der Waals surface area contributed by atoms with E-state index in [4.69, 9.17) is 33.7 Å². The standard InChI is InChI=1S/C12H8Cl2FNO/c13-10-5-8(16)6-11(14)12(10)17-9-3-1-7(15)2-4-9/h1-6H,16H2. The van der Waals surface area contributed by atoms with Crippen LogP contribution in [0, 0.1) is 5.82 Å². The van der Waals surface area contributed by atoms with Crippen molar-refractivity contribution in [2.24, 2.45) is 0 Å². The highest BCUT2D eigenvalue weighted by atomic mass is 35.5. The Bertz CT molecular complexity index is 520. The lowest BCUT2D eigenvalue weighted by molar-refractivity contribution is 0.481. The second-order valence-electron chi connectivity index (χ2n) is 3.37. The first-order valence-electron chi connectivity index (χ1n) is 4.74. The van der Waals surface area contributed by atoms with E-state index < -0.39 is 0 Å². The third-order valence-electron chi connectivity index (χ3n) is 2.05. The average molecular weight is 272 g/mol. The van der Waals surface area contributed by atoms with Gasteiger partial charge in [0.2, 0.25) is 0 Å². The molecule has 0 heterocycles.